The minimum absolute atomic E-state index is 0.157. The molecule has 2 nitrogen and oxygen atoms in total. The Labute approximate surface area is 105 Å². The summed E-state index contributed by atoms with van der Waals surface area (Å²) in [4.78, 5) is 0. The summed E-state index contributed by atoms with van der Waals surface area (Å²) < 4.78 is 14.5. The van der Waals surface area contributed by atoms with Gasteiger partial charge >= 0.3 is 0 Å². The van der Waals surface area contributed by atoms with Gasteiger partial charge in [0.2, 0.25) is 0 Å². The van der Waals surface area contributed by atoms with Crippen LogP contribution in [0.15, 0.2) is 22.7 Å². The molecular weight excluding hydrogens is 271 g/mol. The Kier molecular flexibility index (Phi) is 5.38. The molecule has 2 unspecified atom stereocenters. The van der Waals surface area contributed by atoms with Crippen molar-refractivity contribution in [2.45, 2.75) is 32.7 Å². The standard InChI is InChI=1S/C12H18BrFN2/c1-3-5-8(2)12(16-15)11-9(13)6-4-7-10(11)14/h4,6-8,12,16H,3,5,15H2,1-2H3. The lowest BCUT2D eigenvalue weighted by Gasteiger charge is -2.24. The molecule has 1 aromatic rings. The first kappa shape index (κ1) is 13.6. The molecule has 0 amide bonds. The maximum Gasteiger partial charge on any atom is 0.129 e. The minimum Gasteiger partial charge on any atom is -0.271 e. The van der Waals surface area contributed by atoms with Crippen LogP contribution in [0.4, 0.5) is 4.39 Å². The second-order valence-electron chi connectivity index (χ2n) is 4.05. The molecule has 1 rings (SSSR count). The molecule has 0 spiro atoms. The third-order valence-electron chi connectivity index (χ3n) is 2.80. The number of hydrazine groups is 1. The van der Waals surface area contributed by atoms with E-state index >= 15 is 0 Å². The number of rotatable bonds is 5. The van der Waals surface area contributed by atoms with E-state index in [4.69, 9.17) is 5.84 Å². The van der Waals surface area contributed by atoms with Crippen LogP contribution in [0, 0.1) is 11.7 Å². The van der Waals surface area contributed by atoms with Crippen LogP contribution in [0.5, 0.6) is 0 Å². The Morgan fingerprint density at radius 3 is 2.69 bits per heavy atom. The molecule has 0 saturated carbocycles. The molecule has 4 heteroatoms. The van der Waals surface area contributed by atoms with Crippen LogP contribution in [-0.2, 0) is 0 Å². The Bertz CT molecular complexity index is 324. The van der Waals surface area contributed by atoms with E-state index < -0.39 is 0 Å². The normalized spacial score (nSPS) is 14.8. The average Bonchev–Trinajstić information content (AvgIpc) is 2.24. The van der Waals surface area contributed by atoms with E-state index in [1.807, 2.05) is 6.07 Å². The summed E-state index contributed by atoms with van der Waals surface area (Å²) in [6, 6.07) is 4.82. The highest BCUT2D eigenvalue weighted by Gasteiger charge is 2.22. The number of halogens is 2. The van der Waals surface area contributed by atoms with E-state index in [1.54, 1.807) is 6.07 Å². The van der Waals surface area contributed by atoms with Gasteiger partial charge in [0.15, 0.2) is 0 Å². The third-order valence-corrected chi connectivity index (χ3v) is 3.49. The zero-order valence-electron chi connectivity index (χ0n) is 9.63. The van der Waals surface area contributed by atoms with E-state index in [9.17, 15) is 4.39 Å². The van der Waals surface area contributed by atoms with Crippen LogP contribution < -0.4 is 11.3 Å². The molecule has 0 radical (unpaired) electrons. The van der Waals surface area contributed by atoms with Gasteiger partial charge in [-0.1, -0.05) is 42.3 Å². The number of hydrogen-bond donors (Lipinski definition) is 2. The molecule has 0 aliphatic heterocycles. The van der Waals surface area contributed by atoms with Crippen molar-refractivity contribution in [3.8, 4) is 0 Å². The van der Waals surface area contributed by atoms with Gasteiger partial charge in [0, 0.05) is 10.0 Å². The fraction of sp³-hybridized carbons (Fsp3) is 0.500. The van der Waals surface area contributed by atoms with E-state index in [1.165, 1.54) is 6.07 Å². The smallest absolute Gasteiger partial charge is 0.129 e. The summed E-state index contributed by atoms with van der Waals surface area (Å²) in [5.41, 5.74) is 3.33. The molecule has 0 fully saturated rings. The molecule has 3 N–H and O–H groups in total. The summed E-state index contributed by atoms with van der Waals surface area (Å²) in [6.07, 6.45) is 2.07. The first-order valence-corrected chi connectivity index (χ1v) is 6.31. The van der Waals surface area contributed by atoms with Crippen LogP contribution in [0.1, 0.15) is 38.3 Å². The average molecular weight is 289 g/mol. The summed E-state index contributed by atoms with van der Waals surface area (Å²) >= 11 is 3.37. The maximum atomic E-state index is 13.8. The van der Waals surface area contributed by atoms with Gasteiger partial charge in [-0.2, -0.15) is 0 Å². The topological polar surface area (TPSA) is 38.0 Å². The fourth-order valence-corrected chi connectivity index (χ4v) is 2.55. The third kappa shape index (κ3) is 3.03. The quantitative estimate of drug-likeness (QED) is 0.643. The second-order valence-corrected chi connectivity index (χ2v) is 4.90. The predicted molar refractivity (Wildman–Crippen MR) is 68.2 cm³/mol. The number of hydrogen-bond acceptors (Lipinski definition) is 2. The van der Waals surface area contributed by atoms with E-state index in [0.717, 1.165) is 17.3 Å². The number of benzene rings is 1. The highest BCUT2D eigenvalue weighted by atomic mass is 79.9. The number of nitrogens with two attached hydrogens (primary N) is 1. The SMILES string of the molecule is CCCC(C)C(NN)c1c(F)cccc1Br. The van der Waals surface area contributed by atoms with Gasteiger partial charge in [-0.15, -0.1) is 0 Å². The van der Waals surface area contributed by atoms with E-state index in [0.29, 0.717) is 11.5 Å². The van der Waals surface area contributed by atoms with Crippen molar-refractivity contribution >= 4 is 15.9 Å². The van der Waals surface area contributed by atoms with Gasteiger partial charge in [-0.25, -0.2) is 4.39 Å². The molecule has 1 aromatic carbocycles. The summed E-state index contributed by atoms with van der Waals surface area (Å²) in [5, 5.41) is 0. The van der Waals surface area contributed by atoms with Gasteiger partial charge in [0.25, 0.3) is 0 Å². The second kappa shape index (κ2) is 6.33. The van der Waals surface area contributed by atoms with Gasteiger partial charge < -0.3 is 0 Å². The summed E-state index contributed by atoms with van der Waals surface area (Å²) in [7, 11) is 0. The zero-order valence-corrected chi connectivity index (χ0v) is 11.2. The fourth-order valence-electron chi connectivity index (χ4n) is 1.96. The monoisotopic (exact) mass is 288 g/mol. The highest BCUT2D eigenvalue weighted by molar-refractivity contribution is 9.10. The van der Waals surface area contributed by atoms with Gasteiger partial charge in [0.05, 0.1) is 6.04 Å². The molecule has 0 saturated heterocycles. The van der Waals surface area contributed by atoms with Gasteiger partial charge in [-0.3, -0.25) is 11.3 Å². The van der Waals surface area contributed by atoms with Crippen molar-refractivity contribution in [3.63, 3.8) is 0 Å². The molecule has 0 bridgehead atoms. The van der Waals surface area contributed by atoms with E-state index in [-0.39, 0.29) is 11.9 Å². The van der Waals surface area contributed by atoms with E-state index in [2.05, 4.69) is 35.2 Å². The molecule has 0 heterocycles. The highest BCUT2D eigenvalue weighted by Crippen LogP contribution is 2.32. The van der Waals surface area contributed by atoms with Crippen LogP contribution >= 0.6 is 15.9 Å². The molecule has 16 heavy (non-hydrogen) atoms. The molecule has 90 valence electrons. The van der Waals surface area contributed by atoms with Crippen molar-refractivity contribution in [2.75, 3.05) is 0 Å². The molecular formula is C12H18BrFN2. The van der Waals surface area contributed by atoms with Gasteiger partial charge in [0.1, 0.15) is 5.82 Å². The Balaban J connectivity index is 3.03. The first-order valence-electron chi connectivity index (χ1n) is 5.51. The number of nitrogens with one attached hydrogen (secondary N) is 1. The van der Waals surface area contributed by atoms with Crippen LogP contribution in [0.3, 0.4) is 0 Å². The molecule has 2 atom stereocenters. The Morgan fingerprint density at radius 2 is 2.19 bits per heavy atom. The van der Waals surface area contributed by atoms with Crippen LogP contribution in [-0.4, -0.2) is 0 Å². The summed E-state index contributed by atoms with van der Waals surface area (Å²) in [6.45, 7) is 4.19. The van der Waals surface area contributed by atoms with Crippen molar-refractivity contribution < 1.29 is 4.39 Å². The molecule has 0 aliphatic carbocycles. The Morgan fingerprint density at radius 1 is 1.50 bits per heavy atom. The van der Waals surface area contributed by atoms with Crippen LogP contribution in [0.2, 0.25) is 0 Å². The van der Waals surface area contributed by atoms with Crippen molar-refractivity contribution in [2.24, 2.45) is 11.8 Å². The predicted octanol–water partition coefficient (Wildman–Crippen LogP) is 3.53. The maximum absolute atomic E-state index is 13.8. The molecule has 0 aliphatic rings. The van der Waals surface area contributed by atoms with Crippen molar-refractivity contribution in [1.82, 2.24) is 5.43 Å². The van der Waals surface area contributed by atoms with Crippen LogP contribution in [0.25, 0.3) is 0 Å². The van der Waals surface area contributed by atoms with Gasteiger partial charge in [-0.05, 0) is 24.5 Å². The molecule has 0 aromatic heterocycles. The van der Waals surface area contributed by atoms with Crippen molar-refractivity contribution in [3.05, 3.63) is 34.1 Å². The zero-order chi connectivity index (χ0) is 12.1. The lowest BCUT2D eigenvalue weighted by Crippen LogP contribution is -2.33. The summed E-state index contributed by atoms with van der Waals surface area (Å²) in [5.74, 6) is 5.61. The van der Waals surface area contributed by atoms with Crippen molar-refractivity contribution in [1.29, 1.82) is 0 Å². The lowest BCUT2D eigenvalue weighted by molar-refractivity contribution is 0.356. The first-order chi connectivity index (χ1) is 7.61. The lowest BCUT2D eigenvalue weighted by atomic mass is 9.91. The Hall–Kier alpha value is -0.450. The minimum atomic E-state index is -0.222. The largest absolute Gasteiger partial charge is 0.271 e.